The van der Waals surface area contributed by atoms with Gasteiger partial charge in [0.25, 0.3) is 0 Å². The number of fused-ring (bicyclic) bond motifs is 1. The lowest BCUT2D eigenvalue weighted by Crippen LogP contribution is -2.50. The summed E-state index contributed by atoms with van der Waals surface area (Å²) in [7, 11) is -1.23. The number of benzene rings is 3. The number of methoxy groups -OCH3 is 2. The molecular weight excluding hydrogens is 428 g/mol. The van der Waals surface area contributed by atoms with Gasteiger partial charge in [0.2, 0.25) is 15.9 Å². The molecule has 0 aliphatic carbocycles. The van der Waals surface area contributed by atoms with Crippen molar-refractivity contribution in [3.63, 3.8) is 0 Å². The average Bonchev–Trinajstić information content (AvgIpc) is 2.83. The molecule has 3 aromatic rings. The summed E-state index contributed by atoms with van der Waals surface area (Å²) in [6.07, 6.45) is 0.264. The first kappa shape index (κ1) is 21.9. The smallest absolute Gasteiger partial charge is 0.247 e. The molecule has 1 amide bonds. The zero-order chi connectivity index (χ0) is 22.7. The maximum atomic E-state index is 13.8. The van der Waals surface area contributed by atoms with E-state index in [1.165, 1.54) is 24.6 Å². The van der Waals surface area contributed by atoms with Crippen LogP contribution in [0.2, 0.25) is 0 Å². The third kappa shape index (κ3) is 4.19. The summed E-state index contributed by atoms with van der Waals surface area (Å²) in [5.41, 5.74) is 2.42. The van der Waals surface area contributed by atoms with E-state index in [-0.39, 0.29) is 23.6 Å². The first-order chi connectivity index (χ1) is 15.4. The summed E-state index contributed by atoms with van der Waals surface area (Å²) in [5.74, 6) is 0.176. The van der Waals surface area contributed by atoms with Crippen molar-refractivity contribution in [2.24, 2.45) is 0 Å². The minimum absolute atomic E-state index is 0.0451. The molecule has 0 fully saturated rings. The van der Waals surface area contributed by atoms with Gasteiger partial charge < -0.3 is 14.8 Å². The van der Waals surface area contributed by atoms with E-state index < -0.39 is 22.0 Å². The molecule has 1 atom stereocenters. The molecule has 0 bridgehead atoms. The lowest BCUT2D eigenvalue weighted by Gasteiger charge is -2.35. The van der Waals surface area contributed by atoms with Gasteiger partial charge in [-0.25, -0.2) is 8.42 Å². The number of nitrogens with zero attached hydrogens (tertiary/aromatic N) is 1. The minimum Gasteiger partial charge on any atom is -0.497 e. The van der Waals surface area contributed by atoms with E-state index in [9.17, 15) is 13.2 Å². The summed E-state index contributed by atoms with van der Waals surface area (Å²) in [6, 6.07) is 20.2. The maximum absolute atomic E-state index is 13.8. The fourth-order valence-corrected chi connectivity index (χ4v) is 5.57. The molecule has 8 heteroatoms. The van der Waals surface area contributed by atoms with Crippen LogP contribution >= 0.6 is 0 Å². The summed E-state index contributed by atoms with van der Waals surface area (Å²) in [4.78, 5) is 13.2. The Bertz CT molecular complexity index is 1230. The van der Waals surface area contributed by atoms with E-state index in [1.54, 1.807) is 36.4 Å². The lowest BCUT2D eigenvalue weighted by molar-refractivity contribution is -0.120. The molecule has 4 rings (SSSR count). The van der Waals surface area contributed by atoms with Gasteiger partial charge >= 0.3 is 0 Å². The normalized spacial score (nSPS) is 16.1. The molecule has 3 aromatic carbocycles. The molecule has 0 unspecified atom stereocenters. The number of hydrogen-bond donors (Lipinski definition) is 1. The molecule has 0 radical (unpaired) electrons. The highest BCUT2D eigenvalue weighted by molar-refractivity contribution is 7.89. The van der Waals surface area contributed by atoms with Crippen LogP contribution in [0.25, 0.3) is 0 Å². The van der Waals surface area contributed by atoms with E-state index in [2.05, 4.69) is 5.32 Å². The second kappa shape index (κ2) is 9.02. The van der Waals surface area contributed by atoms with Crippen LogP contribution < -0.4 is 14.8 Å². The first-order valence-electron chi connectivity index (χ1n) is 10.1. The SMILES string of the molecule is COc1ccc(OC)c(S(=O)(=O)N2Cc3ccccc3C[C@@H]2C(=O)Nc2ccccc2)c1. The second-order valence-electron chi connectivity index (χ2n) is 7.41. The van der Waals surface area contributed by atoms with Gasteiger partial charge in [0, 0.05) is 18.3 Å². The van der Waals surface area contributed by atoms with Gasteiger partial charge in [-0.3, -0.25) is 4.79 Å². The van der Waals surface area contributed by atoms with E-state index >= 15 is 0 Å². The van der Waals surface area contributed by atoms with Gasteiger partial charge in [0.1, 0.15) is 22.4 Å². The summed E-state index contributed by atoms with van der Waals surface area (Å²) in [5, 5.41) is 2.85. The van der Waals surface area contributed by atoms with E-state index in [4.69, 9.17) is 9.47 Å². The summed E-state index contributed by atoms with van der Waals surface area (Å²) in [6.45, 7) is 0.0751. The van der Waals surface area contributed by atoms with Crippen LogP contribution in [0.15, 0.2) is 77.7 Å². The van der Waals surface area contributed by atoms with Gasteiger partial charge in [-0.2, -0.15) is 4.31 Å². The highest BCUT2D eigenvalue weighted by atomic mass is 32.2. The Balaban J connectivity index is 1.77. The fourth-order valence-electron chi connectivity index (χ4n) is 3.83. The van der Waals surface area contributed by atoms with Crippen molar-refractivity contribution in [3.8, 4) is 11.5 Å². The van der Waals surface area contributed by atoms with Gasteiger partial charge in [-0.05, 0) is 41.8 Å². The Hall–Kier alpha value is -3.36. The Morgan fingerprint density at radius 2 is 1.62 bits per heavy atom. The molecule has 0 saturated heterocycles. The number of hydrogen-bond acceptors (Lipinski definition) is 5. The van der Waals surface area contributed by atoms with Gasteiger partial charge in [-0.1, -0.05) is 42.5 Å². The van der Waals surface area contributed by atoms with Crippen LogP contribution in [0.5, 0.6) is 11.5 Å². The minimum atomic E-state index is -4.10. The number of sulfonamides is 1. The number of rotatable bonds is 6. The van der Waals surface area contributed by atoms with Gasteiger partial charge in [0.05, 0.1) is 14.2 Å². The van der Waals surface area contributed by atoms with Crippen molar-refractivity contribution in [2.45, 2.75) is 23.9 Å². The first-order valence-corrected chi connectivity index (χ1v) is 11.5. The van der Waals surface area contributed by atoms with E-state index in [1.807, 2.05) is 30.3 Å². The molecular formula is C24H24N2O5S. The van der Waals surface area contributed by atoms with Crippen LogP contribution in [-0.4, -0.2) is 38.9 Å². The quantitative estimate of drug-likeness (QED) is 0.619. The zero-order valence-corrected chi connectivity index (χ0v) is 18.6. The fraction of sp³-hybridized carbons (Fsp3) is 0.208. The van der Waals surface area contributed by atoms with Crippen LogP contribution in [0.3, 0.4) is 0 Å². The summed E-state index contributed by atoms with van der Waals surface area (Å²) >= 11 is 0. The zero-order valence-electron chi connectivity index (χ0n) is 17.8. The molecule has 32 heavy (non-hydrogen) atoms. The Kier molecular flexibility index (Phi) is 6.16. The standard InChI is InChI=1S/C24H24N2O5S/c1-30-20-12-13-22(31-2)23(15-20)32(28,29)26-16-18-9-7-6-8-17(18)14-21(26)24(27)25-19-10-4-3-5-11-19/h3-13,15,21H,14,16H2,1-2H3,(H,25,27)/t21-/m1/s1. The number of para-hydroxylation sites is 1. The molecule has 7 nitrogen and oxygen atoms in total. The Morgan fingerprint density at radius 3 is 2.31 bits per heavy atom. The van der Waals surface area contributed by atoms with Gasteiger partial charge in [0.15, 0.2) is 0 Å². The van der Waals surface area contributed by atoms with E-state index in [0.717, 1.165) is 11.1 Å². The number of carbonyl (C=O) groups is 1. The average molecular weight is 453 g/mol. The molecule has 1 aliphatic rings. The number of nitrogens with one attached hydrogen (secondary N) is 1. The maximum Gasteiger partial charge on any atom is 0.247 e. The number of amides is 1. The predicted octanol–water partition coefficient (Wildman–Crippen LogP) is 3.46. The van der Waals surface area contributed by atoms with Crippen LogP contribution in [0.4, 0.5) is 5.69 Å². The topological polar surface area (TPSA) is 84.9 Å². The van der Waals surface area contributed by atoms with Crippen molar-refractivity contribution in [2.75, 3.05) is 19.5 Å². The van der Waals surface area contributed by atoms with Crippen LogP contribution in [0, 0.1) is 0 Å². The molecule has 0 saturated carbocycles. The molecule has 0 spiro atoms. The van der Waals surface area contributed by atoms with Crippen LogP contribution in [0.1, 0.15) is 11.1 Å². The van der Waals surface area contributed by atoms with Crippen LogP contribution in [-0.2, 0) is 27.8 Å². The van der Waals surface area contributed by atoms with Crippen molar-refractivity contribution in [1.29, 1.82) is 0 Å². The molecule has 166 valence electrons. The third-order valence-corrected chi connectivity index (χ3v) is 7.38. The Labute approximate surface area is 187 Å². The van der Waals surface area contributed by atoms with Crippen molar-refractivity contribution < 1.29 is 22.7 Å². The van der Waals surface area contributed by atoms with Gasteiger partial charge in [-0.15, -0.1) is 0 Å². The predicted molar refractivity (Wildman–Crippen MR) is 121 cm³/mol. The molecule has 1 N–H and O–H groups in total. The number of anilines is 1. The highest BCUT2D eigenvalue weighted by Gasteiger charge is 2.41. The highest BCUT2D eigenvalue weighted by Crippen LogP contribution is 2.35. The largest absolute Gasteiger partial charge is 0.497 e. The molecule has 0 aromatic heterocycles. The van der Waals surface area contributed by atoms with Crippen molar-refractivity contribution >= 4 is 21.6 Å². The number of carbonyl (C=O) groups excluding carboxylic acids is 1. The molecule has 1 aliphatic heterocycles. The van der Waals surface area contributed by atoms with E-state index in [0.29, 0.717) is 11.4 Å². The summed E-state index contributed by atoms with van der Waals surface area (Å²) < 4.78 is 39.4. The number of ether oxygens (including phenoxy) is 2. The Morgan fingerprint density at radius 1 is 0.938 bits per heavy atom. The van der Waals surface area contributed by atoms with Crippen molar-refractivity contribution in [1.82, 2.24) is 4.31 Å². The van der Waals surface area contributed by atoms with Crippen molar-refractivity contribution in [3.05, 3.63) is 83.9 Å². The lowest BCUT2D eigenvalue weighted by atomic mass is 9.95. The third-order valence-electron chi connectivity index (χ3n) is 5.51. The second-order valence-corrected chi connectivity index (χ2v) is 9.27. The molecule has 1 heterocycles. The monoisotopic (exact) mass is 452 g/mol.